The van der Waals surface area contributed by atoms with Crippen LogP contribution in [0.1, 0.15) is 24.0 Å². The van der Waals surface area contributed by atoms with Crippen molar-refractivity contribution in [1.82, 2.24) is 4.90 Å². The van der Waals surface area contributed by atoms with Crippen LogP contribution in [0.25, 0.3) is 0 Å². The predicted molar refractivity (Wildman–Crippen MR) is 78.6 cm³/mol. The van der Waals surface area contributed by atoms with Crippen LogP contribution < -0.4 is 5.73 Å². The maximum absolute atomic E-state index is 5.90. The van der Waals surface area contributed by atoms with Gasteiger partial charge in [0.25, 0.3) is 0 Å². The molecule has 0 atom stereocenters. The van der Waals surface area contributed by atoms with Gasteiger partial charge in [-0.15, -0.1) is 12.4 Å². The van der Waals surface area contributed by atoms with Gasteiger partial charge < -0.3 is 5.73 Å². The molecule has 1 aromatic carbocycles. The first-order chi connectivity index (χ1) is 7.65. The summed E-state index contributed by atoms with van der Waals surface area (Å²) in [7, 11) is 0. The zero-order valence-electron chi connectivity index (χ0n) is 10.2. The molecule has 0 unspecified atom stereocenters. The highest BCUT2D eigenvalue weighted by atomic mass is 79.9. The van der Waals surface area contributed by atoms with Crippen LogP contribution in [-0.4, -0.2) is 24.0 Å². The van der Waals surface area contributed by atoms with Gasteiger partial charge in [0, 0.05) is 17.1 Å². The summed E-state index contributed by atoms with van der Waals surface area (Å²) in [6.45, 7) is 5.41. The molecule has 1 aromatic rings. The average Bonchev–Trinajstić information content (AvgIpc) is 2.25. The van der Waals surface area contributed by atoms with E-state index in [-0.39, 0.29) is 12.4 Å². The van der Waals surface area contributed by atoms with E-state index in [0.717, 1.165) is 32.5 Å². The lowest BCUT2D eigenvalue weighted by Crippen LogP contribution is -2.39. The molecule has 17 heavy (non-hydrogen) atoms. The van der Waals surface area contributed by atoms with Crippen molar-refractivity contribution in [3.05, 3.63) is 33.8 Å². The van der Waals surface area contributed by atoms with Crippen LogP contribution in [0.3, 0.4) is 0 Å². The number of rotatable bonds is 2. The molecule has 96 valence electrons. The van der Waals surface area contributed by atoms with Crippen LogP contribution in [0.5, 0.6) is 0 Å². The molecular formula is C13H20BrClN2. The lowest BCUT2D eigenvalue weighted by atomic mass is 10.1. The van der Waals surface area contributed by atoms with E-state index in [0.29, 0.717) is 6.04 Å². The van der Waals surface area contributed by atoms with E-state index < -0.39 is 0 Å². The van der Waals surface area contributed by atoms with E-state index in [4.69, 9.17) is 5.73 Å². The number of nitrogens with two attached hydrogens (primary N) is 1. The fourth-order valence-corrected chi connectivity index (χ4v) is 2.75. The highest BCUT2D eigenvalue weighted by molar-refractivity contribution is 9.10. The van der Waals surface area contributed by atoms with Crippen LogP contribution in [-0.2, 0) is 6.54 Å². The highest BCUT2D eigenvalue weighted by Crippen LogP contribution is 2.21. The minimum Gasteiger partial charge on any atom is -0.328 e. The van der Waals surface area contributed by atoms with Crippen LogP contribution in [0.2, 0.25) is 0 Å². The Morgan fingerprint density at radius 3 is 2.59 bits per heavy atom. The lowest BCUT2D eigenvalue weighted by Gasteiger charge is -2.30. The topological polar surface area (TPSA) is 29.3 Å². The molecular weight excluding hydrogens is 300 g/mol. The first-order valence-electron chi connectivity index (χ1n) is 5.88. The molecule has 1 heterocycles. The third-order valence-electron chi connectivity index (χ3n) is 3.23. The van der Waals surface area contributed by atoms with Gasteiger partial charge in [0.1, 0.15) is 0 Å². The fourth-order valence-electron chi connectivity index (χ4n) is 2.13. The van der Waals surface area contributed by atoms with Crippen LogP contribution in [0, 0.1) is 6.92 Å². The monoisotopic (exact) mass is 318 g/mol. The molecule has 1 saturated heterocycles. The van der Waals surface area contributed by atoms with E-state index in [1.165, 1.54) is 15.6 Å². The molecule has 4 heteroatoms. The summed E-state index contributed by atoms with van der Waals surface area (Å²) in [5.41, 5.74) is 8.58. The van der Waals surface area contributed by atoms with Gasteiger partial charge >= 0.3 is 0 Å². The molecule has 1 fully saturated rings. The molecule has 0 amide bonds. The number of benzene rings is 1. The second-order valence-corrected chi connectivity index (χ2v) is 5.56. The van der Waals surface area contributed by atoms with Gasteiger partial charge in [-0.05, 0) is 50.0 Å². The Balaban J connectivity index is 0.00000144. The molecule has 2 rings (SSSR count). The maximum atomic E-state index is 5.90. The molecule has 0 bridgehead atoms. The van der Waals surface area contributed by atoms with Crippen molar-refractivity contribution in [3.8, 4) is 0 Å². The van der Waals surface area contributed by atoms with Crippen molar-refractivity contribution in [3.63, 3.8) is 0 Å². The van der Waals surface area contributed by atoms with Gasteiger partial charge in [0.05, 0.1) is 0 Å². The lowest BCUT2D eigenvalue weighted by molar-refractivity contribution is 0.205. The van der Waals surface area contributed by atoms with Gasteiger partial charge in [0.15, 0.2) is 0 Å². The standard InChI is InChI=1S/C13H19BrN2.ClH/c1-10-2-3-11(13(14)8-10)9-16-6-4-12(15)5-7-16;/h2-3,8,12H,4-7,9,15H2,1H3;1H. The largest absolute Gasteiger partial charge is 0.328 e. The molecule has 0 spiro atoms. The van der Waals surface area contributed by atoms with E-state index in [1.807, 2.05) is 0 Å². The van der Waals surface area contributed by atoms with Crippen molar-refractivity contribution in [1.29, 1.82) is 0 Å². The van der Waals surface area contributed by atoms with Crippen LogP contribution in [0.15, 0.2) is 22.7 Å². The first kappa shape index (κ1) is 15.0. The van der Waals surface area contributed by atoms with Crippen molar-refractivity contribution in [2.45, 2.75) is 32.4 Å². The summed E-state index contributed by atoms with van der Waals surface area (Å²) in [6, 6.07) is 6.99. The van der Waals surface area contributed by atoms with E-state index >= 15 is 0 Å². The minimum absolute atomic E-state index is 0. The molecule has 0 aromatic heterocycles. The van der Waals surface area contributed by atoms with E-state index in [9.17, 15) is 0 Å². The third-order valence-corrected chi connectivity index (χ3v) is 3.97. The molecule has 1 aliphatic heterocycles. The number of nitrogens with zero attached hydrogens (tertiary/aromatic N) is 1. The van der Waals surface area contributed by atoms with Crippen LogP contribution in [0.4, 0.5) is 0 Å². The smallest absolute Gasteiger partial charge is 0.0244 e. The summed E-state index contributed by atoms with van der Waals surface area (Å²) in [6.07, 6.45) is 2.26. The summed E-state index contributed by atoms with van der Waals surface area (Å²) in [5, 5.41) is 0. The second-order valence-electron chi connectivity index (χ2n) is 4.71. The molecule has 0 radical (unpaired) electrons. The third kappa shape index (κ3) is 4.25. The Bertz CT molecular complexity index is 362. The Labute approximate surface area is 118 Å². The second kappa shape index (κ2) is 6.74. The van der Waals surface area contributed by atoms with Crippen LogP contribution >= 0.6 is 28.3 Å². The van der Waals surface area contributed by atoms with E-state index in [1.54, 1.807) is 0 Å². The molecule has 0 aliphatic carbocycles. The Hall–Kier alpha value is -0.0900. The molecule has 2 nitrogen and oxygen atoms in total. The van der Waals surface area contributed by atoms with Crippen molar-refractivity contribution in [2.75, 3.05) is 13.1 Å². The Morgan fingerprint density at radius 1 is 1.35 bits per heavy atom. The zero-order chi connectivity index (χ0) is 11.5. The quantitative estimate of drug-likeness (QED) is 0.907. The number of aryl methyl sites for hydroxylation is 1. The Kier molecular flexibility index (Phi) is 5.93. The van der Waals surface area contributed by atoms with Gasteiger partial charge in [-0.3, -0.25) is 4.90 Å². The Morgan fingerprint density at radius 2 is 2.00 bits per heavy atom. The summed E-state index contributed by atoms with van der Waals surface area (Å²) in [4.78, 5) is 2.48. The maximum Gasteiger partial charge on any atom is 0.0244 e. The molecule has 0 saturated carbocycles. The summed E-state index contributed by atoms with van der Waals surface area (Å²) in [5.74, 6) is 0. The molecule has 2 N–H and O–H groups in total. The van der Waals surface area contributed by atoms with Gasteiger partial charge in [-0.1, -0.05) is 28.1 Å². The SMILES string of the molecule is Cc1ccc(CN2CCC(N)CC2)c(Br)c1.Cl. The highest BCUT2D eigenvalue weighted by Gasteiger charge is 2.16. The normalized spacial score (nSPS) is 17.8. The number of piperidine rings is 1. The minimum atomic E-state index is 0. The first-order valence-corrected chi connectivity index (χ1v) is 6.67. The van der Waals surface area contributed by atoms with Gasteiger partial charge in [-0.2, -0.15) is 0 Å². The predicted octanol–water partition coefficient (Wildman–Crippen LogP) is 3.10. The number of hydrogen-bond acceptors (Lipinski definition) is 2. The fraction of sp³-hybridized carbons (Fsp3) is 0.538. The van der Waals surface area contributed by atoms with Gasteiger partial charge in [-0.25, -0.2) is 0 Å². The van der Waals surface area contributed by atoms with Gasteiger partial charge in [0.2, 0.25) is 0 Å². The summed E-state index contributed by atoms with van der Waals surface area (Å²) >= 11 is 3.63. The number of hydrogen-bond donors (Lipinski definition) is 1. The van der Waals surface area contributed by atoms with Crippen molar-refractivity contribution in [2.24, 2.45) is 5.73 Å². The van der Waals surface area contributed by atoms with E-state index in [2.05, 4.69) is 46.0 Å². The van der Waals surface area contributed by atoms with Crippen molar-refractivity contribution < 1.29 is 0 Å². The number of halogens is 2. The molecule has 1 aliphatic rings. The average molecular weight is 320 g/mol. The zero-order valence-corrected chi connectivity index (χ0v) is 12.6. The summed E-state index contributed by atoms with van der Waals surface area (Å²) < 4.78 is 1.22. The van der Waals surface area contributed by atoms with Crippen molar-refractivity contribution >= 4 is 28.3 Å². The number of likely N-dealkylation sites (tertiary alicyclic amines) is 1.